The van der Waals surface area contributed by atoms with Gasteiger partial charge in [-0.05, 0) is 30.1 Å². The molecule has 2 fully saturated rings. The first-order valence-electron chi connectivity index (χ1n) is 6.22. The normalized spacial score (nSPS) is 48.1. The van der Waals surface area contributed by atoms with E-state index in [1.165, 1.54) is 12.8 Å². The zero-order chi connectivity index (χ0) is 11.7. The summed E-state index contributed by atoms with van der Waals surface area (Å²) in [6, 6.07) is 0. The lowest BCUT2D eigenvalue weighted by Crippen LogP contribution is -2.52. The van der Waals surface area contributed by atoms with Gasteiger partial charge in [-0.15, -0.1) is 0 Å². The van der Waals surface area contributed by atoms with Crippen molar-refractivity contribution in [1.82, 2.24) is 0 Å². The van der Waals surface area contributed by atoms with Crippen LogP contribution < -0.4 is 0 Å². The van der Waals surface area contributed by atoms with Gasteiger partial charge in [-0.2, -0.15) is 0 Å². The molecule has 0 bridgehead atoms. The molecule has 0 saturated heterocycles. The largest absolute Gasteiger partial charge is 0.309 e. The molecular weight excluding hydrogens is 182 g/mol. The minimum absolute atomic E-state index is 0.0850. The highest BCUT2D eigenvalue weighted by Crippen LogP contribution is 2.86. The molecule has 0 aliphatic heterocycles. The molecule has 86 valence electrons. The van der Waals surface area contributed by atoms with E-state index in [2.05, 4.69) is 41.5 Å². The Morgan fingerprint density at radius 2 is 1.73 bits per heavy atom. The highest BCUT2D eigenvalue weighted by atomic mass is 14.9. The summed E-state index contributed by atoms with van der Waals surface area (Å²) in [6.45, 7) is 13.7. The molecule has 2 saturated carbocycles. The van der Waals surface area contributed by atoms with E-state index in [4.69, 9.17) is 5.41 Å². The Morgan fingerprint density at radius 3 is 2.00 bits per heavy atom. The SMILES string of the molecule is CCC(C)(C)C(=N)C1(C)CC2(C)CC21C. The smallest absolute Gasteiger partial charge is 0.0210 e. The number of hydrogen-bond donors (Lipinski definition) is 1. The van der Waals surface area contributed by atoms with E-state index in [1.54, 1.807) is 0 Å². The van der Waals surface area contributed by atoms with Gasteiger partial charge in [-0.1, -0.05) is 41.5 Å². The summed E-state index contributed by atoms with van der Waals surface area (Å²) in [5.41, 5.74) is 2.26. The third kappa shape index (κ3) is 1.02. The van der Waals surface area contributed by atoms with Gasteiger partial charge in [-0.3, -0.25) is 0 Å². The molecule has 0 aromatic rings. The van der Waals surface area contributed by atoms with Crippen LogP contribution in [0.15, 0.2) is 0 Å². The predicted octanol–water partition coefficient (Wildman–Crippen LogP) is 4.27. The average molecular weight is 207 g/mol. The fourth-order valence-corrected chi connectivity index (χ4v) is 4.01. The van der Waals surface area contributed by atoms with Crippen molar-refractivity contribution in [3.63, 3.8) is 0 Å². The summed E-state index contributed by atoms with van der Waals surface area (Å²) in [5, 5.41) is 8.51. The molecule has 2 aliphatic rings. The Hall–Kier alpha value is -0.330. The molecule has 3 atom stereocenters. The van der Waals surface area contributed by atoms with Crippen LogP contribution in [0.3, 0.4) is 0 Å². The maximum Gasteiger partial charge on any atom is 0.0210 e. The molecule has 0 aromatic carbocycles. The molecule has 0 amide bonds. The topological polar surface area (TPSA) is 23.9 Å². The number of hydrogen-bond acceptors (Lipinski definition) is 1. The van der Waals surface area contributed by atoms with Crippen LogP contribution in [-0.4, -0.2) is 5.71 Å². The van der Waals surface area contributed by atoms with Gasteiger partial charge in [0, 0.05) is 16.5 Å². The second-order valence-electron chi connectivity index (χ2n) is 7.19. The van der Waals surface area contributed by atoms with Gasteiger partial charge in [0.2, 0.25) is 0 Å². The molecule has 0 spiro atoms. The van der Waals surface area contributed by atoms with Gasteiger partial charge < -0.3 is 5.41 Å². The van der Waals surface area contributed by atoms with Crippen molar-refractivity contribution in [2.75, 3.05) is 0 Å². The first-order valence-corrected chi connectivity index (χ1v) is 6.22. The minimum atomic E-state index is 0.0850. The molecule has 2 rings (SSSR count). The molecular formula is C14H25N. The Morgan fingerprint density at radius 1 is 1.20 bits per heavy atom. The van der Waals surface area contributed by atoms with E-state index in [0.29, 0.717) is 10.8 Å². The van der Waals surface area contributed by atoms with E-state index >= 15 is 0 Å². The van der Waals surface area contributed by atoms with E-state index in [1.807, 2.05) is 0 Å². The second-order valence-corrected chi connectivity index (χ2v) is 7.19. The number of nitrogens with one attached hydrogen (secondary N) is 1. The van der Waals surface area contributed by atoms with Crippen molar-refractivity contribution < 1.29 is 0 Å². The lowest BCUT2D eigenvalue weighted by Gasteiger charge is -2.53. The molecule has 0 heterocycles. The van der Waals surface area contributed by atoms with Crippen LogP contribution in [0.2, 0.25) is 0 Å². The van der Waals surface area contributed by atoms with Crippen molar-refractivity contribution in [1.29, 1.82) is 5.41 Å². The van der Waals surface area contributed by atoms with Gasteiger partial charge >= 0.3 is 0 Å². The molecule has 0 radical (unpaired) electrons. The fraction of sp³-hybridized carbons (Fsp3) is 0.929. The van der Waals surface area contributed by atoms with Gasteiger partial charge in [-0.25, -0.2) is 0 Å². The van der Waals surface area contributed by atoms with Crippen LogP contribution >= 0.6 is 0 Å². The maximum absolute atomic E-state index is 8.51. The van der Waals surface area contributed by atoms with Crippen LogP contribution in [-0.2, 0) is 0 Å². The van der Waals surface area contributed by atoms with Crippen molar-refractivity contribution >= 4 is 5.71 Å². The summed E-state index contributed by atoms with van der Waals surface area (Å²) in [5.74, 6) is 0. The maximum atomic E-state index is 8.51. The summed E-state index contributed by atoms with van der Waals surface area (Å²) >= 11 is 0. The van der Waals surface area contributed by atoms with E-state index < -0.39 is 0 Å². The first-order chi connectivity index (χ1) is 6.63. The monoisotopic (exact) mass is 207 g/mol. The van der Waals surface area contributed by atoms with Crippen molar-refractivity contribution in [3.8, 4) is 0 Å². The zero-order valence-corrected chi connectivity index (χ0v) is 11.1. The Kier molecular flexibility index (Phi) is 1.86. The van der Waals surface area contributed by atoms with Gasteiger partial charge in [0.1, 0.15) is 0 Å². The van der Waals surface area contributed by atoms with Crippen LogP contribution in [0.5, 0.6) is 0 Å². The average Bonchev–Trinajstić information content (AvgIpc) is 2.61. The molecule has 1 N–H and O–H groups in total. The Balaban J connectivity index is 2.24. The summed E-state index contributed by atoms with van der Waals surface area (Å²) in [6.07, 6.45) is 3.64. The van der Waals surface area contributed by atoms with Crippen LogP contribution in [0.4, 0.5) is 0 Å². The summed E-state index contributed by atoms with van der Waals surface area (Å²) in [7, 11) is 0. The molecule has 0 aromatic heterocycles. The van der Waals surface area contributed by atoms with E-state index in [0.717, 1.165) is 12.1 Å². The molecule has 3 unspecified atom stereocenters. The standard InChI is InChI=1S/C14H25N/c1-7-11(2,3)10(15)13(5)8-12(4)9-14(12,13)6/h15H,7-9H2,1-6H3. The van der Waals surface area contributed by atoms with Gasteiger partial charge in [0.05, 0.1) is 0 Å². The summed E-state index contributed by atoms with van der Waals surface area (Å²) < 4.78 is 0. The molecule has 15 heavy (non-hydrogen) atoms. The number of fused-ring (bicyclic) bond motifs is 1. The third-order valence-electron chi connectivity index (χ3n) is 6.02. The van der Waals surface area contributed by atoms with E-state index in [9.17, 15) is 0 Å². The van der Waals surface area contributed by atoms with Crippen molar-refractivity contribution in [2.45, 2.75) is 60.8 Å². The van der Waals surface area contributed by atoms with Gasteiger partial charge in [0.15, 0.2) is 0 Å². The second kappa shape index (κ2) is 2.49. The summed E-state index contributed by atoms with van der Waals surface area (Å²) in [4.78, 5) is 0. The predicted molar refractivity (Wildman–Crippen MR) is 65.4 cm³/mol. The van der Waals surface area contributed by atoms with Crippen LogP contribution in [0.25, 0.3) is 0 Å². The lowest BCUT2D eigenvalue weighted by molar-refractivity contribution is 0.0523. The fourth-order valence-electron chi connectivity index (χ4n) is 4.01. The van der Waals surface area contributed by atoms with E-state index in [-0.39, 0.29) is 10.8 Å². The van der Waals surface area contributed by atoms with Crippen LogP contribution in [0.1, 0.15) is 60.8 Å². The van der Waals surface area contributed by atoms with Gasteiger partial charge in [0.25, 0.3) is 0 Å². The first kappa shape index (κ1) is 11.2. The number of rotatable bonds is 3. The third-order valence-corrected chi connectivity index (χ3v) is 6.02. The lowest BCUT2D eigenvalue weighted by atomic mass is 9.50. The minimum Gasteiger partial charge on any atom is -0.309 e. The van der Waals surface area contributed by atoms with Crippen LogP contribution in [0, 0.1) is 27.1 Å². The highest BCUT2D eigenvalue weighted by molar-refractivity contribution is 5.94. The Labute approximate surface area is 94.2 Å². The van der Waals surface area contributed by atoms with Crippen molar-refractivity contribution in [2.24, 2.45) is 21.7 Å². The molecule has 1 heteroatoms. The Bertz CT molecular complexity index is 330. The molecule has 1 nitrogen and oxygen atoms in total. The highest BCUT2D eigenvalue weighted by Gasteiger charge is 2.80. The quantitative estimate of drug-likeness (QED) is 0.668. The van der Waals surface area contributed by atoms with Crippen molar-refractivity contribution in [3.05, 3.63) is 0 Å². The molecule has 2 aliphatic carbocycles. The zero-order valence-electron chi connectivity index (χ0n) is 11.1.